The van der Waals surface area contributed by atoms with Gasteiger partial charge in [0.25, 0.3) is 5.91 Å². The van der Waals surface area contributed by atoms with Crippen molar-refractivity contribution < 1.29 is 4.79 Å². The van der Waals surface area contributed by atoms with Crippen LogP contribution in [-0.4, -0.2) is 5.91 Å². The van der Waals surface area contributed by atoms with Crippen molar-refractivity contribution in [2.75, 3.05) is 0 Å². The summed E-state index contributed by atoms with van der Waals surface area (Å²) in [5.74, 6) is -0.145. The molecule has 0 bridgehead atoms. The van der Waals surface area contributed by atoms with Gasteiger partial charge < -0.3 is 5.32 Å². The molecule has 0 aromatic heterocycles. The predicted octanol–water partition coefficient (Wildman–Crippen LogP) is 4.22. The number of halogens is 1. The van der Waals surface area contributed by atoms with Gasteiger partial charge in [-0.05, 0) is 42.3 Å². The number of aryl methyl sites for hydroxylation is 1. The summed E-state index contributed by atoms with van der Waals surface area (Å²) in [7, 11) is 0. The molecular weight excluding hydrogens is 340 g/mol. The van der Waals surface area contributed by atoms with Crippen molar-refractivity contribution in [3.05, 3.63) is 75.3 Å². The summed E-state index contributed by atoms with van der Waals surface area (Å²) in [4.78, 5) is 12.2. The molecule has 0 heterocycles. The van der Waals surface area contributed by atoms with E-state index in [1.54, 1.807) is 18.2 Å². The Balaban J connectivity index is 2.09. The van der Waals surface area contributed by atoms with E-state index in [0.717, 1.165) is 15.6 Å². The van der Waals surface area contributed by atoms with Crippen LogP contribution in [0, 0.1) is 18.3 Å². The number of nitriles is 1. The topological polar surface area (TPSA) is 52.9 Å². The van der Waals surface area contributed by atoms with Crippen LogP contribution in [0.4, 0.5) is 0 Å². The largest absolute Gasteiger partial charge is 0.348 e. The Kier molecular flexibility index (Phi) is 5.51. The second kappa shape index (κ2) is 7.58. The average Bonchev–Trinajstić information content (AvgIpc) is 2.51. The van der Waals surface area contributed by atoms with Crippen molar-refractivity contribution >= 4 is 27.9 Å². The molecule has 0 unspecified atom stereocenters. The molecule has 3 nitrogen and oxygen atoms in total. The Morgan fingerprint density at radius 3 is 2.68 bits per heavy atom. The summed E-state index contributed by atoms with van der Waals surface area (Å²) in [5, 5.41) is 11.5. The Morgan fingerprint density at radius 1 is 1.27 bits per heavy atom. The van der Waals surface area contributed by atoms with Gasteiger partial charge in [0, 0.05) is 22.7 Å². The highest BCUT2D eigenvalue weighted by Crippen LogP contribution is 2.17. The van der Waals surface area contributed by atoms with Crippen molar-refractivity contribution in [3.63, 3.8) is 0 Å². The summed E-state index contributed by atoms with van der Waals surface area (Å²) >= 11 is 3.38. The Hall–Kier alpha value is -2.38. The zero-order valence-corrected chi connectivity index (χ0v) is 13.7. The Bertz CT molecular complexity index is 743. The molecule has 2 aromatic carbocycles. The molecule has 0 saturated carbocycles. The van der Waals surface area contributed by atoms with Crippen LogP contribution in [0.2, 0.25) is 0 Å². The standard InChI is InChI=1S/C18H15BrN2O/c1-13-4-6-14(7-5-13)12-21-18(22)16-9-15(3-2-8-20)10-17(19)11-16/h2-7,9-11H,12H2,1H3,(H,21,22)/b3-2+. The van der Waals surface area contributed by atoms with Gasteiger partial charge in [-0.2, -0.15) is 5.26 Å². The molecule has 0 atom stereocenters. The van der Waals surface area contributed by atoms with Crippen LogP contribution in [0.25, 0.3) is 6.08 Å². The smallest absolute Gasteiger partial charge is 0.251 e. The molecule has 2 aromatic rings. The number of carbonyl (C=O) groups excluding carboxylic acids is 1. The quantitative estimate of drug-likeness (QED) is 0.835. The van der Waals surface area contributed by atoms with E-state index in [9.17, 15) is 4.79 Å². The van der Waals surface area contributed by atoms with Crippen molar-refractivity contribution in [2.45, 2.75) is 13.5 Å². The number of nitrogens with one attached hydrogen (secondary N) is 1. The lowest BCUT2D eigenvalue weighted by Gasteiger charge is -2.07. The maximum Gasteiger partial charge on any atom is 0.251 e. The third-order valence-electron chi connectivity index (χ3n) is 3.11. The number of carbonyl (C=O) groups is 1. The fourth-order valence-electron chi connectivity index (χ4n) is 1.96. The lowest BCUT2D eigenvalue weighted by Crippen LogP contribution is -2.22. The zero-order chi connectivity index (χ0) is 15.9. The fourth-order valence-corrected chi connectivity index (χ4v) is 2.47. The van der Waals surface area contributed by atoms with Crippen molar-refractivity contribution in [2.24, 2.45) is 0 Å². The van der Waals surface area contributed by atoms with Crippen molar-refractivity contribution in [1.82, 2.24) is 5.32 Å². The monoisotopic (exact) mass is 354 g/mol. The molecule has 1 amide bonds. The minimum atomic E-state index is -0.145. The summed E-state index contributed by atoms with van der Waals surface area (Å²) in [5.41, 5.74) is 3.60. The van der Waals surface area contributed by atoms with Crippen LogP contribution in [0.1, 0.15) is 27.0 Å². The van der Waals surface area contributed by atoms with E-state index in [1.165, 1.54) is 11.6 Å². The van der Waals surface area contributed by atoms with Crippen LogP contribution in [0.5, 0.6) is 0 Å². The molecule has 0 saturated heterocycles. The third-order valence-corrected chi connectivity index (χ3v) is 3.56. The van der Waals surface area contributed by atoms with Gasteiger partial charge in [-0.1, -0.05) is 45.8 Å². The second-order valence-electron chi connectivity index (χ2n) is 4.90. The van der Waals surface area contributed by atoms with Gasteiger partial charge >= 0.3 is 0 Å². The number of hydrogen-bond acceptors (Lipinski definition) is 2. The summed E-state index contributed by atoms with van der Waals surface area (Å²) in [6.45, 7) is 2.51. The van der Waals surface area contributed by atoms with E-state index < -0.39 is 0 Å². The van der Waals surface area contributed by atoms with Crippen LogP contribution in [0.3, 0.4) is 0 Å². The fraction of sp³-hybridized carbons (Fsp3) is 0.111. The first-order chi connectivity index (χ1) is 10.6. The molecule has 0 fully saturated rings. The third kappa shape index (κ3) is 4.57. The van der Waals surface area contributed by atoms with Crippen molar-refractivity contribution in [1.29, 1.82) is 5.26 Å². The number of amides is 1. The first-order valence-corrected chi connectivity index (χ1v) is 7.58. The first kappa shape index (κ1) is 16.0. The molecule has 22 heavy (non-hydrogen) atoms. The lowest BCUT2D eigenvalue weighted by atomic mass is 10.1. The molecule has 4 heteroatoms. The van der Waals surface area contributed by atoms with Gasteiger partial charge in [-0.15, -0.1) is 0 Å². The number of benzene rings is 2. The lowest BCUT2D eigenvalue weighted by molar-refractivity contribution is 0.0951. The minimum Gasteiger partial charge on any atom is -0.348 e. The maximum absolute atomic E-state index is 12.2. The summed E-state index contributed by atoms with van der Waals surface area (Å²) < 4.78 is 0.799. The van der Waals surface area contributed by atoms with Crippen molar-refractivity contribution in [3.8, 4) is 6.07 Å². The van der Waals surface area contributed by atoms with Crippen LogP contribution < -0.4 is 5.32 Å². The van der Waals surface area contributed by atoms with Crippen LogP contribution in [-0.2, 0) is 6.54 Å². The molecule has 2 rings (SSSR count). The molecule has 0 radical (unpaired) electrons. The molecule has 0 aliphatic heterocycles. The highest BCUT2D eigenvalue weighted by molar-refractivity contribution is 9.10. The zero-order valence-electron chi connectivity index (χ0n) is 12.1. The molecule has 0 aliphatic carbocycles. The Morgan fingerprint density at radius 2 is 2.00 bits per heavy atom. The van der Waals surface area contributed by atoms with E-state index in [1.807, 2.05) is 43.3 Å². The highest BCUT2D eigenvalue weighted by Gasteiger charge is 2.07. The van der Waals surface area contributed by atoms with Gasteiger partial charge in [-0.3, -0.25) is 4.79 Å². The van der Waals surface area contributed by atoms with E-state index in [4.69, 9.17) is 5.26 Å². The van der Waals surface area contributed by atoms with E-state index >= 15 is 0 Å². The first-order valence-electron chi connectivity index (χ1n) is 6.79. The normalized spacial score (nSPS) is 10.4. The molecular formula is C18H15BrN2O. The number of allylic oxidation sites excluding steroid dienone is 1. The van der Waals surface area contributed by atoms with E-state index in [2.05, 4.69) is 21.2 Å². The summed E-state index contributed by atoms with van der Waals surface area (Å²) in [6, 6.07) is 15.3. The molecule has 110 valence electrons. The number of hydrogen-bond donors (Lipinski definition) is 1. The van der Waals surface area contributed by atoms with Gasteiger partial charge in [0.15, 0.2) is 0 Å². The maximum atomic E-state index is 12.2. The van der Waals surface area contributed by atoms with E-state index in [0.29, 0.717) is 12.1 Å². The molecule has 1 N–H and O–H groups in total. The predicted molar refractivity (Wildman–Crippen MR) is 91.1 cm³/mol. The average molecular weight is 355 g/mol. The minimum absolute atomic E-state index is 0.145. The van der Waals surface area contributed by atoms with Crippen LogP contribution >= 0.6 is 15.9 Å². The second-order valence-corrected chi connectivity index (χ2v) is 5.82. The highest BCUT2D eigenvalue weighted by atomic mass is 79.9. The van der Waals surface area contributed by atoms with Gasteiger partial charge in [0.1, 0.15) is 0 Å². The SMILES string of the molecule is Cc1ccc(CNC(=O)c2cc(Br)cc(/C=C/C#N)c2)cc1. The van der Waals surface area contributed by atoms with E-state index in [-0.39, 0.29) is 5.91 Å². The number of rotatable bonds is 4. The Labute approximate surface area is 138 Å². The van der Waals surface area contributed by atoms with Gasteiger partial charge in [0.2, 0.25) is 0 Å². The number of nitrogens with zero attached hydrogens (tertiary/aromatic N) is 1. The molecule has 0 aliphatic rings. The molecule has 0 spiro atoms. The summed E-state index contributed by atoms with van der Waals surface area (Å²) in [6.07, 6.45) is 3.05. The van der Waals surface area contributed by atoms with Crippen LogP contribution in [0.15, 0.2) is 53.0 Å². The van der Waals surface area contributed by atoms with Gasteiger partial charge in [0.05, 0.1) is 6.07 Å². The van der Waals surface area contributed by atoms with Gasteiger partial charge in [-0.25, -0.2) is 0 Å².